The number of hydrogen-bond acceptors (Lipinski definition) is 5. The van der Waals surface area contributed by atoms with E-state index in [1.54, 1.807) is 6.07 Å². The number of aromatic nitrogens is 3. The van der Waals surface area contributed by atoms with Crippen molar-refractivity contribution in [3.8, 4) is 5.75 Å². The minimum atomic E-state index is -4.55. The van der Waals surface area contributed by atoms with Gasteiger partial charge in [0.25, 0.3) is 0 Å². The van der Waals surface area contributed by atoms with E-state index < -0.39 is 30.3 Å². The molecule has 0 bridgehead atoms. The highest BCUT2D eigenvalue weighted by molar-refractivity contribution is 5.88. The Hall–Kier alpha value is -2.95. The molecule has 5 rings (SSSR count). The number of anilines is 1. The summed E-state index contributed by atoms with van der Waals surface area (Å²) in [5.41, 5.74) is -0.0625. The Kier molecular flexibility index (Phi) is 5.15. The van der Waals surface area contributed by atoms with E-state index in [4.69, 9.17) is 4.74 Å². The molecule has 2 aliphatic rings. The Morgan fingerprint density at radius 1 is 1.19 bits per heavy atom. The van der Waals surface area contributed by atoms with Crippen LogP contribution in [-0.4, -0.2) is 52.0 Å². The summed E-state index contributed by atoms with van der Waals surface area (Å²) in [7, 11) is 0. The van der Waals surface area contributed by atoms with Crippen LogP contribution in [0.15, 0.2) is 36.7 Å². The number of fused-ring (bicyclic) bond motifs is 2. The van der Waals surface area contributed by atoms with Crippen molar-refractivity contribution < 1.29 is 26.7 Å². The Morgan fingerprint density at radius 3 is 2.75 bits per heavy atom. The second kappa shape index (κ2) is 7.88. The Morgan fingerprint density at radius 2 is 2.00 bits per heavy atom. The van der Waals surface area contributed by atoms with Crippen molar-refractivity contribution in [2.45, 2.75) is 31.1 Å². The molecule has 0 radical (unpaired) electrons. The van der Waals surface area contributed by atoms with Gasteiger partial charge in [-0.25, -0.2) is 18.7 Å². The first kappa shape index (κ1) is 20.9. The summed E-state index contributed by atoms with van der Waals surface area (Å²) < 4.78 is 72.0. The number of halogens is 5. The SMILES string of the molecule is FC(F)[C@@H]1CCN([C@H]2COc3ccccc3[C@@H]2Nc2ncnc3[nH]c(C(F)(F)F)cc23)C1. The third-order valence-corrected chi connectivity index (χ3v) is 6.15. The normalized spacial score (nSPS) is 24.0. The summed E-state index contributed by atoms with van der Waals surface area (Å²) in [6, 6.07) is 7.58. The fourth-order valence-corrected chi connectivity index (χ4v) is 4.51. The van der Waals surface area contributed by atoms with Gasteiger partial charge in [-0.1, -0.05) is 18.2 Å². The van der Waals surface area contributed by atoms with Crippen LogP contribution < -0.4 is 10.1 Å². The zero-order valence-electron chi connectivity index (χ0n) is 16.7. The van der Waals surface area contributed by atoms with Crippen LogP contribution in [-0.2, 0) is 6.18 Å². The smallest absolute Gasteiger partial charge is 0.431 e. The number of aromatic amines is 1. The van der Waals surface area contributed by atoms with E-state index in [1.165, 1.54) is 6.33 Å². The molecule has 2 aliphatic heterocycles. The molecular weight excluding hydrogens is 433 g/mol. The average molecular weight is 453 g/mol. The number of H-pyrrole nitrogens is 1. The Bertz CT molecular complexity index is 1120. The maximum absolute atomic E-state index is 13.3. The van der Waals surface area contributed by atoms with Gasteiger partial charge < -0.3 is 15.0 Å². The quantitative estimate of drug-likeness (QED) is 0.571. The molecule has 0 aliphatic carbocycles. The van der Waals surface area contributed by atoms with Crippen LogP contribution >= 0.6 is 0 Å². The third kappa shape index (κ3) is 3.74. The van der Waals surface area contributed by atoms with Crippen molar-refractivity contribution in [2.75, 3.05) is 25.0 Å². The Labute approximate surface area is 179 Å². The van der Waals surface area contributed by atoms with E-state index in [0.717, 1.165) is 11.6 Å². The summed E-state index contributed by atoms with van der Waals surface area (Å²) in [4.78, 5) is 12.3. The van der Waals surface area contributed by atoms with Gasteiger partial charge in [0.2, 0.25) is 6.43 Å². The predicted octanol–water partition coefficient (Wildman–Crippen LogP) is 4.48. The highest BCUT2D eigenvalue weighted by Crippen LogP contribution is 2.40. The van der Waals surface area contributed by atoms with Gasteiger partial charge in [0.1, 0.15) is 35.8 Å². The lowest BCUT2D eigenvalue weighted by atomic mass is 9.95. The van der Waals surface area contributed by atoms with Gasteiger partial charge in [0, 0.05) is 18.0 Å². The maximum atomic E-state index is 13.3. The zero-order valence-corrected chi connectivity index (χ0v) is 16.7. The molecule has 1 fully saturated rings. The van der Waals surface area contributed by atoms with Crippen molar-refractivity contribution in [1.82, 2.24) is 19.9 Å². The lowest BCUT2D eigenvalue weighted by Gasteiger charge is -2.39. The van der Waals surface area contributed by atoms with Crippen molar-refractivity contribution in [1.29, 1.82) is 0 Å². The predicted molar refractivity (Wildman–Crippen MR) is 107 cm³/mol. The van der Waals surface area contributed by atoms with Gasteiger partial charge in [0.05, 0.1) is 17.5 Å². The standard InChI is InChI=1S/C21H20F5N5O/c22-18(23)11-5-6-31(8-11)14-9-32-15-4-2-1-3-12(15)17(14)30-20-13-7-16(21(24,25)26)29-19(13)27-10-28-20/h1-4,7,10-11,14,17-18H,5-6,8-9H2,(H2,27,28,29,30)/t11-,14+,17+/m1/s1. The van der Waals surface area contributed by atoms with E-state index >= 15 is 0 Å². The number of benzene rings is 1. The van der Waals surface area contributed by atoms with Gasteiger partial charge in [0.15, 0.2) is 0 Å². The summed E-state index contributed by atoms with van der Waals surface area (Å²) in [5.74, 6) is 0.164. The van der Waals surface area contributed by atoms with Crippen LogP contribution in [0, 0.1) is 5.92 Å². The van der Waals surface area contributed by atoms with Crippen LogP contribution in [0.4, 0.5) is 27.8 Å². The molecule has 32 heavy (non-hydrogen) atoms. The van der Waals surface area contributed by atoms with E-state index in [0.29, 0.717) is 18.7 Å². The Balaban J connectivity index is 1.51. The number of alkyl halides is 5. The third-order valence-electron chi connectivity index (χ3n) is 6.15. The van der Waals surface area contributed by atoms with Crippen LogP contribution in [0.5, 0.6) is 5.75 Å². The largest absolute Gasteiger partial charge is 0.491 e. The van der Waals surface area contributed by atoms with Crippen LogP contribution in [0.3, 0.4) is 0 Å². The van der Waals surface area contributed by atoms with Crippen molar-refractivity contribution >= 4 is 16.9 Å². The van der Waals surface area contributed by atoms with E-state index in [-0.39, 0.29) is 36.0 Å². The molecule has 0 amide bonds. The summed E-state index contributed by atoms with van der Waals surface area (Å²) in [6.45, 7) is 0.984. The van der Waals surface area contributed by atoms with Gasteiger partial charge in [-0.3, -0.25) is 4.90 Å². The minimum absolute atomic E-state index is 0.0608. The maximum Gasteiger partial charge on any atom is 0.431 e. The van der Waals surface area contributed by atoms with Gasteiger partial charge in [-0.2, -0.15) is 13.2 Å². The van der Waals surface area contributed by atoms with Gasteiger partial charge >= 0.3 is 6.18 Å². The molecule has 3 aromatic rings. The van der Waals surface area contributed by atoms with Crippen LogP contribution in [0.1, 0.15) is 23.7 Å². The molecule has 170 valence electrons. The molecule has 1 aromatic carbocycles. The highest BCUT2D eigenvalue weighted by Gasteiger charge is 2.41. The molecule has 1 saturated heterocycles. The lowest BCUT2D eigenvalue weighted by Crippen LogP contribution is -2.47. The number of ether oxygens (including phenoxy) is 1. The summed E-state index contributed by atoms with van der Waals surface area (Å²) in [6.07, 6.45) is -5.38. The van der Waals surface area contributed by atoms with Crippen molar-refractivity contribution in [3.63, 3.8) is 0 Å². The van der Waals surface area contributed by atoms with Gasteiger partial charge in [-0.15, -0.1) is 0 Å². The number of para-hydroxylation sites is 1. The van der Waals surface area contributed by atoms with Crippen molar-refractivity contribution in [3.05, 3.63) is 47.9 Å². The first-order valence-electron chi connectivity index (χ1n) is 10.2. The van der Waals surface area contributed by atoms with E-state index in [9.17, 15) is 22.0 Å². The minimum Gasteiger partial charge on any atom is -0.491 e. The molecule has 3 atom stereocenters. The fraction of sp³-hybridized carbons (Fsp3) is 0.429. The summed E-state index contributed by atoms with van der Waals surface area (Å²) in [5, 5.41) is 3.47. The summed E-state index contributed by atoms with van der Waals surface area (Å²) >= 11 is 0. The van der Waals surface area contributed by atoms with E-state index in [1.807, 2.05) is 23.1 Å². The lowest BCUT2D eigenvalue weighted by molar-refractivity contribution is -0.140. The second-order valence-corrected chi connectivity index (χ2v) is 8.08. The highest BCUT2D eigenvalue weighted by atomic mass is 19.4. The van der Waals surface area contributed by atoms with Gasteiger partial charge in [-0.05, 0) is 25.1 Å². The number of rotatable bonds is 4. The molecule has 2 N–H and O–H groups in total. The van der Waals surface area contributed by atoms with Crippen molar-refractivity contribution in [2.24, 2.45) is 5.92 Å². The molecule has 0 unspecified atom stereocenters. The molecule has 0 saturated carbocycles. The first-order valence-corrected chi connectivity index (χ1v) is 10.2. The molecule has 11 heteroatoms. The number of nitrogens with one attached hydrogen (secondary N) is 2. The molecular formula is C21H20F5N5O. The number of likely N-dealkylation sites (tertiary alicyclic amines) is 1. The monoisotopic (exact) mass is 453 g/mol. The van der Waals surface area contributed by atoms with Crippen LogP contribution in [0.25, 0.3) is 11.0 Å². The molecule has 4 heterocycles. The molecule has 6 nitrogen and oxygen atoms in total. The number of nitrogens with zero attached hydrogens (tertiary/aromatic N) is 3. The number of hydrogen-bond donors (Lipinski definition) is 2. The topological polar surface area (TPSA) is 66.1 Å². The molecule has 0 spiro atoms. The van der Waals surface area contributed by atoms with E-state index in [2.05, 4.69) is 20.3 Å². The first-order chi connectivity index (χ1) is 15.3. The average Bonchev–Trinajstić information content (AvgIpc) is 3.42. The fourth-order valence-electron chi connectivity index (χ4n) is 4.51. The van der Waals surface area contributed by atoms with Crippen LogP contribution in [0.2, 0.25) is 0 Å². The zero-order chi connectivity index (χ0) is 22.5. The second-order valence-electron chi connectivity index (χ2n) is 8.08. The molecule has 2 aromatic heterocycles.